The van der Waals surface area contributed by atoms with Crippen molar-refractivity contribution in [1.82, 2.24) is 0 Å². The Morgan fingerprint density at radius 2 is 2.28 bits per heavy atom. The van der Waals surface area contributed by atoms with E-state index in [0.29, 0.717) is 18.1 Å². The number of hydrogen-bond acceptors (Lipinski definition) is 1. The maximum Gasteiger partial charge on any atom is 0.159 e. The van der Waals surface area contributed by atoms with Gasteiger partial charge in [-0.05, 0) is 37.2 Å². The van der Waals surface area contributed by atoms with E-state index in [1.54, 1.807) is 0 Å². The molecule has 0 aromatic carbocycles. The SMILES string of the molecule is C=CCC1=C[C@@H](C/C(=C\CCCC)CC)CC1=O. The third-order valence-corrected chi connectivity index (χ3v) is 3.58. The van der Waals surface area contributed by atoms with Gasteiger partial charge in [0, 0.05) is 6.42 Å². The van der Waals surface area contributed by atoms with Crippen LogP contribution in [0.5, 0.6) is 0 Å². The third-order valence-electron chi connectivity index (χ3n) is 3.58. The second kappa shape index (κ2) is 8.07. The van der Waals surface area contributed by atoms with E-state index in [1.165, 1.54) is 24.8 Å². The zero-order chi connectivity index (χ0) is 13.4. The van der Waals surface area contributed by atoms with Gasteiger partial charge in [0.15, 0.2) is 5.78 Å². The van der Waals surface area contributed by atoms with Crippen LogP contribution in [0, 0.1) is 5.92 Å². The molecule has 18 heavy (non-hydrogen) atoms. The molecule has 0 aliphatic heterocycles. The molecule has 100 valence electrons. The van der Waals surface area contributed by atoms with Gasteiger partial charge in [-0.15, -0.1) is 6.58 Å². The summed E-state index contributed by atoms with van der Waals surface area (Å²) in [5, 5.41) is 0. The van der Waals surface area contributed by atoms with E-state index in [0.717, 1.165) is 24.8 Å². The van der Waals surface area contributed by atoms with Gasteiger partial charge in [0.2, 0.25) is 0 Å². The lowest BCUT2D eigenvalue weighted by molar-refractivity contribution is -0.115. The first-order valence-electron chi connectivity index (χ1n) is 7.23. The van der Waals surface area contributed by atoms with Gasteiger partial charge in [0.1, 0.15) is 0 Å². The molecule has 1 atom stereocenters. The van der Waals surface area contributed by atoms with Gasteiger partial charge in [0.05, 0.1) is 0 Å². The molecule has 0 fully saturated rings. The zero-order valence-corrected chi connectivity index (χ0v) is 11.9. The average Bonchev–Trinajstić information content (AvgIpc) is 2.69. The second-order valence-electron chi connectivity index (χ2n) is 5.13. The van der Waals surface area contributed by atoms with Crippen LogP contribution in [-0.2, 0) is 4.79 Å². The zero-order valence-electron chi connectivity index (χ0n) is 11.9. The molecule has 1 rings (SSSR count). The van der Waals surface area contributed by atoms with E-state index in [9.17, 15) is 4.79 Å². The fraction of sp³-hybridized carbons (Fsp3) is 0.588. The second-order valence-corrected chi connectivity index (χ2v) is 5.13. The van der Waals surface area contributed by atoms with Crippen LogP contribution in [0.4, 0.5) is 0 Å². The fourth-order valence-corrected chi connectivity index (χ4v) is 2.49. The topological polar surface area (TPSA) is 17.1 Å². The molecule has 1 nitrogen and oxygen atoms in total. The Bertz CT molecular complexity index is 347. The number of ketones is 1. The highest BCUT2D eigenvalue weighted by Crippen LogP contribution is 2.29. The molecule has 0 amide bonds. The van der Waals surface area contributed by atoms with Crippen LogP contribution < -0.4 is 0 Å². The fourth-order valence-electron chi connectivity index (χ4n) is 2.49. The van der Waals surface area contributed by atoms with E-state index in [4.69, 9.17) is 0 Å². The van der Waals surface area contributed by atoms with Gasteiger partial charge in [0.25, 0.3) is 0 Å². The van der Waals surface area contributed by atoms with E-state index < -0.39 is 0 Å². The van der Waals surface area contributed by atoms with Crippen molar-refractivity contribution >= 4 is 5.78 Å². The summed E-state index contributed by atoms with van der Waals surface area (Å²) >= 11 is 0. The highest BCUT2D eigenvalue weighted by Gasteiger charge is 2.23. The van der Waals surface area contributed by atoms with Crippen LogP contribution in [0.2, 0.25) is 0 Å². The molecule has 0 saturated heterocycles. The first-order chi connectivity index (χ1) is 8.71. The summed E-state index contributed by atoms with van der Waals surface area (Å²) in [6.45, 7) is 8.14. The molecule has 0 unspecified atom stereocenters. The standard InChI is InChI=1S/C17H26O/c1-4-7-8-10-14(6-3)11-15-12-16(9-5-2)17(18)13-15/h5,10,12,15H,2,4,6-9,11,13H2,1,3H3/b14-10-/t15-/m1/s1. The summed E-state index contributed by atoms with van der Waals surface area (Å²) < 4.78 is 0. The Balaban J connectivity index is 2.53. The predicted molar refractivity (Wildman–Crippen MR) is 78.5 cm³/mol. The van der Waals surface area contributed by atoms with Crippen LogP contribution in [0.3, 0.4) is 0 Å². The van der Waals surface area contributed by atoms with Gasteiger partial charge in [-0.2, -0.15) is 0 Å². The first-order valence-corrected chi connectivity index (χ1v) is 7.23. The summed E-state index contributed by atoms with van der Waals surface area (Å²) in [6, 6.07) is 0. The van der Waals surface area contributed by atoms with Crippen molar-refractivity contribution < 1.29 is 4.79 Å². The summed E-state index contributed by atoms with van der Waals surface area (Å²) in [5.41, 5.74) is 2.48. The van der Waals surface area contributed by atoms with Crippen molar-refractivity contribution in [3.8, 4) is 0 Å². The van der Waals surface area contributed by atoms with Crippen LogP contribution in [0.25, 0.3) is 0 Å². The number of Topliss-reactive ketones (excluding diaryl/α,β-unsaturated/α-hetero) is 1. The van der Waals surface area contributed by atoms with Crippen molar-refractivity contribution in [2.24, 2.45) is 5.92 Å². The van der Waals surface area contributed by atoms with Crippen LogP contribution in [0.1, 0.15) is 58.8 Å². The number of carbonyl (C=O) groups is 1. The lowest BCUT2D eigenvalue weighted by Crippen LogP contribution is -1.99. The van der Waals surface area contributed by atoms with Crippen molar-refractivity contribution in [2.45, 2.75) is 58.8 Å². The van der Waals surface area contributed by atoms with Crippen molar-refractivity contribution in [2.75, 3.05) is 0 Å². The Labute approximate surface area is 112 Å². The summed E-state index contributed by atoms with van der Waals surface area (Å²) in [4.78, 5) is 11.8. The van der Waals surface area contributed by atoms with E-state index in [-0.39, 0.29) is 0 Å². The monoisotopic (exact) mass is 246 g/mol. The van der Waals surface area contributed by atoms with Crippen molar-refractivity contribution in [3.05, 3.63) is 36.0 Å². The highest BCUT2D eigenvalue weighted by molar-refractivity contribution is 5.98. The molecule has 0 aromatic rings. The van der Waals surface area contributed by atoms with Crippen molar-refractivity contribution in [3.63, 3.8) is 0 Å². The molecule has 0 bridgehead atoms. The van der Waals surface area contributed by atoms with Crippen LogP contribution in [0.15, 0.2) is 36.0 Å². The number of rotatable bonds is 8. The molecule has 0 radical (unpaired) electrons. The van der Waals surface area contributed by atoms with Gasteiger partial charge >= 0.3 is 0 Å². The number of hydrogen-bond donors (Lipinski definition) is 0. The minimum absolute atomic E-state index is 0.323. The maximum atomic E-state index is 11.8. The molecule has 0 spiro atoms. The van der Waals surface area contributed by atoms with Gasteiger partial charge in [-0.25, -0.2) is 0 Å². The Kier molecular flexibility index (Phi) is 6.70. The summed E-state index contributed by atoms with van der Waals surface area (Å²) in [5.74, 6) is 0.754. The van der Waals surface area contributed by atoms with Crippen molar-refractivity contribution in [1.29, 1.82) is 0 Å². The van der Waals surface area contributed by atoms with Crippen LogP contribution >= 0.6 is 0 Å². The number of carbonyl (C=O) groups excluding carboxylic acids is 1. The van der Waals surface area contributed by atoms with Gasteiger partial charge in [-0.1, -0.05) is 50.5 Å². The Hall–Kier alpha value is -1.11. The molecular formula is C17H26O. The maximum absolute atomic E-state index is 11.8. The first kappa shape index (κ1) is 14.9. The molecule has 0 heterocycles. The summed E-state index contributed by atoms with van der Waals surface area (Å²) in [6.07, 6.45) is 13.7. The van der Waals surface area contributed by atoms with E-state index >= 15 is 0 Å². The summed E-state index contributed by atoms with van der Waals surface area (Å²) in [7, 11) is 0. The minimum Gasteiger partial charge on any atom is -0.295 e. The molecule has 1 aliphatic carbocycles. The third kappa shape index (κ3) is 4.64. The molecule has 1 heteroatoms. The quantitative estimate of drug-likeness (QED) is 0.435. The van der Waals surface area contributed by atoms with Crippen LogP contribution in [-0.4, -0.2) is 5.78 Å². The normalized spacial score (nSPS) is 20.1. The molecule has 1 aliphatic rings. The largest absolute Gasteiger partial charge is 0.295 e. The predicted octanol–water partition coefficient (Wildman–Crippen LogP) is 4.99. The number of unbranched alkanes of at least 4 members (excludes halogenated alkanes) is 2. The number of allylic oxidation sites excluding steroid dienone is 5. The molecule has 0 saturated carbocycles. The average molecular weight is 246 g/mol. The van der Waals surface area contributed by atoms with E-state index in [1.807, 2.05) is 6.08 Å². The molecule has 0 N–H and O–H groups in total. The van der Waals surface area contributed by atoms with Gasteiger partial charge < -0.3 is 0 Å². The van der Waals surface area contributed by atoms with Gasteiger partial charge in [-0.3, -0.25) is 4.79 Å². The minimum atomic E-state index is 0.323. The van der Waals surface area contributed by atoms with E-state index in [2.05, 4.69) is 32.6 Å². The highest BCUT2D eigenvalue weighted by atomic mass is 16.1. The smallest absolute Gasteiger partial charge is 0.159 e. The molecular weight excluding hydrogens is 220 g/mol. The Morgan fingerprint density at radius 3 is 2.89 bits per heavy atom. The molecule has 0 aromatic heterocycles. The lowest BCUT2D eigenvalue weighted by atomic mass is 9.96. The lowest BCUT2D eigenvalue weighted by Gasteiger charge is -2.09. The Morgan fingerprint density at radius 1 is 1.50 bits per heavy atom.